The first-order valence-corrected chi connectivity index (χ1v) is 4.68. The molecule has 0 radical (unpaired) electrons. The van der Waals surface area contributed by atoms with E-state index in [1.54, 1.807) is 12.1 Å². The van der Waals surface area contributed by atoms with Gasteiger partial charge in [0.05, 0.1) is 5.56 Å². The lowest BCUT2D eigenvalue weighted by Crippen LogP contribution is -2.03. The standard InChI is InChI=1S/C11H14O3/c1-3-7-6-10(12)8(4-2)5-9(7)11(13)14/h5-6,12H,3-4H2,1-2H3,(H,13,14). The highest BCUT2D eigenvalue weighted by Crippen LogP contribution is 2.23. The summed E-state index contributed by atoms with van der Waals surface area (Å²) in [5.74, 6) is -0.745. The fourth-order valence-electron chi connectivity index (χ4n) is 1.45. The lowest BCUT2D eigenvalue weighted by Gasteiger charge is -2.08. The third kappa shape index (κ3) is 1.87. The molecule has 0 aliphatic rings. The number of aromatic hydroxyl groups is 1. The monoisotopic (exact) mass is 194 g/mol. The number of hydrogen-bond acceptors (Lipinski definition) is 2. The molecule has 0 aliphatic heterocycles. The molecule has 0 saturated carbocycles. The molecule has 0 fully saturated rings. The van der Waals surface area contributed by atoms with Crippen molar-refractivity contribution >= 4 is 5.97 Å². The first-order valence-electron chi connectivity index (χ1n) is 4.68. The van der Waals surface area contributed by atoms with Crippen molar-refractivity contribution in [3.8, 4) is 5.75 Å². The van der Waals surface area contributed by atoms with E-state index in [1.165, 1.54) is 0 Å². The summed E-state index contributed by atoms with van der Waals surface area (Å²) in [5, 5.41) is 18.5. The molecule has 0 bridgehead atoms. The van der Waals surface area contributed by atoms with E-state index < -0.39 is 5.97 Å². The number of hydrogen-bond donors (Lipinski definition) is 2. The van der Waals surface area contributed by atoms with Gasteiger partial charge in [-0.3, -0.25) is 0 Å². The van der Waals surface area contributed by atoms with Crippen LogP contribution in [0, 0.1) is 0 Å². The minimum absolute atomic E-state index is 0.189. The smallest absolute Gasteiger partial charge is 0.335 e. The highest BCUT2D eigenvalue weighted by atomic mass is 16.4. The molecule has 0 atom stereocenters. The summed E-state index contributed by atoms with van der Waals surface area (Å²) >= 11 is 0. The Morgan fingerprint density at radius 3 is 2.21 bits per heavy atom. The van der Waals surface area contributed by atoms with Gasteiger partial charge < -0.3 is 10.2 Å². The fraction of sp³-hybridized carbons (Fsp3) is 0.364. The van der Waals surface area contributed by atoms with E-state index in [4.69, 9.17) is 5.11 Å². The molecule has 0 amide bonds. The molecule has 76 valence electrons. The molecule has 0 unspecified atom stereocenters. The molecule has 2 N–H and O–H groups in total. The molecule has 3 heteroatoms. The largest absolute Gasteiger partial charge is 0.508 e. The molecule has 0 aromatic heterocycles. The van der Waals surface area contributed by atoms with Gasteiger partial charge in [-0.05, 0) is 36.1 Å². The van der Waals surface area contributed by atoms with E-state index in [-0.39, 0.29) is 5.75 Å². The first kappa shape index (κ1) is 10.6. The second-order valence-electron chi connectivity index (χ2n) is 3.15. The molecule has 3 nitrogen and oxygen atoms in total. The number of carbonyl (C=O) groups is 1. The molecule has 0 saturated heterocycles. The van der Waals surface area contributed by atoms with E-state index in [9.17, 15) is 9.90 Å². The van der Waals surface area contributed by atoms with Gasteiger partial charge in [0.15, 0.2) is 0 Å². The summed E-state index contributed by atoms with van der Waals surface area (Å²) in [7, 11) is 0. The van der Waals surface area contributed by atoms with Crippen molar-refractivity contribution in [3.63, 3.8) is 0 Å². The van der Waals surface area contributed by atoms with Crippen molar-refractivity contribution in [2.75, 3.05) is 0 Å². The van der Waals surface area contributed by atoms with Crippen LogP contribution in [0.4, 0.5) is 0 Å². The summed E-state index contributed by atoms with van der Waals surface area (Å²) < 4.78 is 0. The highest BCUT2D eigenvalue weighted by molar-refractivity contribution is 5.90. The molecule has 0 spiro atoms. The van der Waals surface area contributed by atoms with Gasteiger partial charge in [0.25, 0.3) is 0 Å². The van der Waals surface area contributed by atoms with Gasteiger partial charge in [-0.25, -0.2) is 4.79 Å². The Hall–Kier alpha value is -1.51. The van der Waals surface area contributed by atoms with Gasteiger partial charge >= 0.3 is 5.97 Å². The Balaban J connectivity index is 3.32. The van der Waals surface area contributed by atoms with Crippen molar-refractivity contribution in [1.82, 2.24) is 0 Å². The highest BCUT2D eigenvalue weighted by Gasteiger charge is 2.12. The SMILES string of the molecule is CCc1cc(C(=O)O)c(CC)cc1O. The Labute approximate surface area is 83.0 Å². The average molecular weight is 194 g/mol. The molecule has 1 rings (SSSR count). The Morgan fingerprint density at radius 2 is 1.79 bits per heavy atom. The van der Waals surface area contributed by atoms with Crippen molar-refractivity contribution in [2.45, 2.75) is 26.7 Å². The lowest BCUT2D eigenvalue weighted by molar-refractivity contribution is 0.0695. The zero-order valence-electron chi connectivity index (χ0n) is 8.37. The van der Waals surface area contributed by atoms with E-state index in [2.05, 4.69) is 0 Å². The van der Waals surface area contributed by atoms with Gasteiger partial charge in [-0.1, -0.05) is 13.8 Å². The quantitative estimate of drug-likeness (QED) is 0.775. The van der Waals surface area contributed by atoms with Crippen LogP contribution in [-0.4, -0.2) is 16.2 Å². The molecule has 1 aromatic carbocycles. The van der Waals surface area contributed by atoms with Gasteiger partial charge in [0.2, 0.25) is 0 Å². The average Bonchev–Trinajstić information content (AvgIpc) is 2.16. The minimum atomic E-state index is -0.934. The maximum atomic E-state index is 10.9. The third-order valence-corrected chi connectivity index (χ3v) is 2.30. The summed E-state index contributed by atoms with van der Waals surface area (Å²) in [6.07, 6.45) is 1.25. The maximum absolute atomic E-state index is 10.9. The fourth-order valence-corrected chi connectivity index (χ4v) is 1.45. The molecule has 1 aromatic rings. The summed E-state index contributed by atoms with van der Waals surface area (Å²) in [4.78, 5) is 10.9. The van der Waals surface area contributed by atoms with E-state index in [1.807, 2.05) is 13.8 Å². The van der Waals surface area contributed by atoms with Gasteiger partial charge in [-0.15, -0.1) is 0 Å². The number of aromatic carboxylic acids is 1. The number of carboxylic acid groups (broad SMARTS) is 1. The van der Waals surface area contributed by atoms with Gasteiger partial charge in [0.1, 0.15) is 5.75 Å². The number of carboxylic acids is 1. The zero-order chi connectivity index (χ0) is 10.7. The number of rotatable bonds is 3. The number of phenols is 1. The van der Waals surface area contributed by atoms with Crippen LogP contribution >= 0.6 is 0 Å². The predicted octanol–water partition coefficient (Wildman–Crippen LogP) is 2.22. The Bertz CT molecular complexity index is 356. The Morgan fingerprint density at radius 1 is 1.21 bits per heavy atom. The van der Waals surface area contributed by atoms with Gasteiger partial charge in [-0.2, -0.15) is 0 Å². The number of benzene rings is 1. The zero-order valence-corrected chi connectivity index (χ0v) is 8.37. The number of phenolic OH excluding ortho intramolecular Hbond substituents is 1. The molecular weight excluding hydrogens is 180 g/mol. The molecular formula is C11H14O3. The predicted molar refractivity (Wildman–Crippen MR) is 53.8 cm³/mol. The van der Waals surface area contributed by atoms with Gasteiger partial charge in [0, 0.05) is 0 Å². The Kier molecular flexibility index (Phi) is 3.12. The minimum Gasteiger partial charge on any atom is -0.508 e. The van der Waals surface area contributed by atoms with Crippen LogP contribution < -0.4 is 0 Å². The number of aryl methyl sites for hydroxylation is 2. The van der Waals surface area contributed by atoms with Crippen LogP contribution in [0.5, 0.6) is 5.75 Å². The van der Waals surface area contributed by atoms with Crippen LogP contribution in [-0.2, 0) is 12.8 Å². The lowest BCUT2D eigenvalue weighted by atomic mass is 10.00. The van der Waals surface area contributed by atoms with Crippen molar-refractivity contribution < 1.29 is 15.0 Å². The van der Waals surface area contributed by atoms with Crippen LogP contribution in [0.2, 0.25) is 0 Å². The third-order valence-electron chi connectivity index (χ3n) is 2.30. The second kappa shape index (κ2) is 4.13. The molecule has 0 aliphatic carbocycles. The van der Waals surface area contributed by atoms with Crippen LogP contribution in [0.3, 0.4) is 0 Å². The van der Waals surface area contributed by atoms with Crippen LogP contribution in [0.1, 0.15) is 35.3 Å². The maximum Gasteiger partial charge on any atom is 0.335 e. The summed E-state index contributed by atoms with van der Waals surface area (Å²) in [5.41, 5.74) is 1.65. The first-order chi connectivity index (χ1) is 6.60. The summed E-state index contributed by atoms with van der Waals surface area (Å²) in [6, 6.07) is 3.10. The normalized spacial score (nSPS) is 10.1. The summed E-state index contributed by atoms with van der Waals surface area (Å²) in [6.45, 7) is 3.75. The second-order valence-corrected chi connectivity index (χ2v) is 3.15. The topological polar surface area (TPSA) is 57.5 Å². The van der Waals surface area contributed by atoms with Crippen LogP contribution in [0.15, 0.2) is 12.1 Å². The van der Waals surface area contributed by atoms with Crippen molar-refractivity contribution in [2.24, 2.45) is 0 Å². The molecule has 0 heterocycles. The van der Waals surface area contributed by atoms with E-state index in [0.717, 1.165) is 0 Å². The van der Waals surface area contributed by atoms with Crippen molar-refractivity contribution in [3.05, 3.63) is 28.8 Å². The van der Waals surface area contributed by atoms with Crippen molar-refractivity contribution in [1.29, 1.82) is 0 Å². The van der Waals surface area contributed by atoms with E-state index in [0.29, 0.717) is 29.5 Å². The molecule has 14 heavy (non-hydrogen) atoms. The van der Waals surface area contributed by atoms with Crippen LogP contribution in [0.25, 0.3) is 0 Å². The van der Waals surface area contributed by atoms with E-state index >= 15 is 0 Å².